The number of aromatic nitrogens is 1. The number of nitrogens with one attached hydrogen (secondary N) is 1. The summed E-state index contributed by atoms with van der Waals surface area (Å²) in [6, 6.07) is 4.11. The zero-order valence-corrected chi connectivity index (χ0v) is 14.9. The van der Waals surface area contributed by atoms with Crippen molar-refractivity contribution in [2.45, 2.75) is 33.6 Å². The van der Waals surface area contributed by atoms with Gasteiger partial charge in [0.25, 0.3) is 11.6 Å². The van der Waals surface area contributed by atoms with E-state index in [9.17, 15) is 19.7 Å². The van der Waals surface area contributed by atoms with Gasteiger partial charge in [-0.1, -0.05) is 25.1 Å². The van der Waals surface area contributed by atoms with Crippen molar-refractivity contribution in [2.75, 3.05) is 11.9 Å². The predicted octanol–water partition coefficient (Wildman–Crippen LogP) is 3.12. The number of anilines is 1. The molecule has 0 radical (unpaired) electrons. The van der Waals surface area contributed by atoms with E-state index in [2.05, 4.69) is 10.5 Å². The average Bonchev–Trinajstić information content (AvgIpc) is 2.96. The number of rotatable bonds is 6. The lowest BCUT2D eigenvalue weighted by Crippen LogP contribution is -2.22. The normalized spacial score (nSPS) is 10.7. The lowest BCUT2D eigenvalue weighted by atomic mass is 10.1. The van der Waals surface area contributed by atoms with Gasteiger partial charge in [0.05, 0.1) is 16.3 Å². The number of benzene rings is 1. The second-order valence-electron chi connectivity index (χ2n) is 6.04. The van der Waals surface area contributed by atoms with E-state index in [1.54, 1.807) is 13.8 Å². The Morgan fingerprint density at radius 1 is 1.35 bits per heavy atom. The topological polar surface area (TPSA) is 125 Å². The molecule has 1 aromatic heterocycles. The van der Waals surface area contributed by atoms with Gasteiger partial charge in [0.1, 0.15) is 5.56 Å². The van der Waals surface area contributed by atoms with Crippen molar-refractivity contribution in [3.63, 3.8) is 0 Å². The van der Waals surface area contributed by atoms with E-state index < -0.39 is 23.4 Å². The van der Waals surface area contributed by atoms with Gasteiger partial charge < -0.3 is 14.6 Å². The smallest absolute Gasteiger partial charge is 0.344 e. The third-order valence-electron chi connectivity index (χ3n) is 3.66. The van der Waals surface area contributed by atoms with Gasteiger partial charge in [0, 0.05) is 18.1 Å². The lowest BCUT2D eigenvalue weighted by Gasteiger charge is -2.09. The Kier molecular flexibility index (Phi) is 5.71. The van der Waals surface area contributed by atoms with E-state index in [4.69, 9.17) is 9.26 Å². The Hall–Kier alpha value is -3.23. The lowest BCUT2D eigenvalue weighted by molar-refractivity contribution is -0.384. The van der Waals surface area contributed by atoms with Crippen LogP contribution >= 0.6 is 0 Å². The summed E-state index contributed by atoms with van der Waals surface area (Å²) in [7, 11) is 0. The maximum absolute atomic E-state index is 12.2. The van der Waals surface area contributed by atoms with E-state index in [-0.39, 0.29) is 22.9 Å². The van der Waals surface area contributed by atoms with E-state index in [0.29, 0.717) is 17.0 Å². The summed E-state index contributed by atoms with van der Waals surface area (Å²) >= 11 is 0. The zero-order chi connectivity index (χ0) is 19.4. The maximum Gasteiger partial charge on any atom is 0.344 e. The van der Waals surface area contributed by atoms with Crippen molar-refractivity contribution >= 4 is 23.3 Å². The highest BCUT2D eigenvalue weighted by Gasteiger charge is 2.24. The fourth-order valence-corrected chi connectivity index (χ4v) is 2.28. The van der Waals surface area contributed by atoms with Crippen molar-refractivity contribution in [1.29, 1.82) is 0 Å². The molecule has 0 unspecified atom stereocenters. The number of non-ortho nitro benzene ring substituents is 1. The molecule has 9 heteroatoms. The third-order valence-corrected chi connectivity index (χ3v) is 3.66. The molecule has 1 amide bonds. The summed E-state index contributed by atoms with van der Waals surface area (Å²) in [4.78, 5) is 34.5. The Bertz CT molecular complexity index is 856. The van der Waals surface area contributed by atoms with E-state index in [1.807, 2.05) is 13.8 Å². The summed E-state index contributed by atoms with van der Waals surface area (Å²) < 4.78 is 10.1. The minimum Gasteiger partial charge on any atom is -0.452 e. The number of aryl methyl sites for hydroxylation is 2. The van der Waals surface area contributed by atoms with Gasteiger partial charge in [-0.25, -0.2) is 4.79 Å². The molecule has 0 aliphatic rings. The molecular formula is C17H19N3O6. The number of carbonyl (C=O) groups excluding carboxylic acids is 2. The van der Waals surface area contributed by atoms with Gasteiger partial charge in [0.2, 0.25) is 0 Å². The molecule has 0 saturated carbocycles. The van der Waals surface area contributed by atoms with Gasteiger partial charge in [-0.2, -0.15) is 0 Å². The van der Waals surface area contributed by atoms with Gasteiger partial charge in [-0.3, -0.25) is 14.9 Å². The number of ether oxygens (including phenoxy) is 1. The first-order valence-electron chi connectivity index (χ1n) is 7.89. The van der Waals surface area contributed by atoms with Gasteiger partial charge >= 0.3 is 5.97 Å². The van der Waals surface area contributed by atoms with E-state index >= 15 is 0 Å². The molecule has 2 rings (SSSR count). The van der Waals surface area contributed by atoms with Crippen LogP contribution < -0.4 is 5.32 Å². The van der Waals surface area contributed by atoms with Crippen molar-refractivity contribution in [3.05, 3.63) is 50.9 Å². The fourth-order valence-electron chi connectivity index (χ4n) is 2.28. The average molecular weight is 361 g/mol. The van der Waals surface area contributed by atoms with E-state index in [1.165, 1.54) is 18.2 Å². The number of esters is 1. The van der Waals surface area contributed by atoms with Gasteiger partial charge in [0.15, 0.2) is 12.4 Å². The largest absolute Gasteiger partial charge is 0.452 e. The summed E-state index contributed by atoms with van der Waals surface area (Å²) in [5.41, 5.74) is 1.37. The quantitative estimate of drug-likeness (QED) is 0.476. The Balaban J connectivity index is 2.04. The monoisotopic (exact) mass is 361 g/mol. The SMILES string of the molecule is Cc1ccc([N+](=O)[O-])cc1NC(=O)COC(=O)c1c(C)noc1C(C)C. The second kappa shape index (κ2) is 7.77. The second-order valence-corrected chi connectivity index (χ2v) is 6.04. The number of hydrogen-bond acceptors (Lipinski definition) is 7. The molecule has 0 atom stereocenters. The number of carbonyl (C=O) groups is 2. The number of nitro benzene ring substituents is 1. The molecule has 2 aromatic rings. The van der Waals surface area contributed by atoms with Crippen LogP contribution in [0.15, 0.2) is 22.7 Å². The fraction of sp³-hybridized carbons (Fsp3) is 0.353. The first kappa shape index (κ1) is 19.1. The predicted molar refractivity (Wildman–Crippen MR) is 92.1 cm³/mol. The highest BCUT2D eigenvalue weighted by molar-refractivity contribution is 5.97. The van der Waals surface area contributed by atoms with Crippen molar-refractivity contribution < 1.29 is 23.8 Å². The van der Waals surface area contributed by atoms with Crippen LogP contribution in [0.25, 0.3) is 0 Å². The highest BCUT2D eigenvalue weighted by atomic mass is 16.6. The minimum absolute atomic E-state index is 0.0694. The van der Waals surface area contributed by atoms with Crippen LogP contribution in [0.3, 0.4) is 0 Å². The molecule has 0 saturated heterocycles. The van der Waals surface area contributed by atoms with Crippen LogP contribution in [0.2, 0.25) is 0 Å². The van der Waals surface area contributed by atoms with Crippen molar-refractivity contribution in [1.82, 2.24) is 5.16 Å². The number of nitrogens with zero attached hydrogens (tertiary/aromatic N) is 2. The highest BCUT2D eigenvalue weighted by Crippen LogP contribution is 2.23. The van der Waals surface area contributed by atoms with E-state index in [0.717, 1.165) is 0 Å². The van der Waals surface area contributed by atoms with Crippen LogP contribution in [-0.4, -0.2) is 28.6 Å². The van der Waals surface area contributed by atoms with Crippen molar-refractivity contribution in [3.8, 4) is 0 Å². The molecule has 0 bridgehead atoms. The summed E-state index contributed by atoms with van der Waals surface area (Å²) in [6.07, 6.45) is 0. The minimum atomic E-state index is -0.710. The Morgan fingerprint density at radius 2 is 2.04 bits per heavy atom. The molecule has 26 heavy (non-hydrogen) atoms. The Labute approximate surface area is 149 Å². The molecule has 138 valence electrons. The molecule has 1 aromatic carbocycles. The number of hydrogen-bond donors (Lipinski definition) is 1. The zero-order valence-electron chi connectivity index (χ0n) is 14.9. The van der Waals surface area contributed by atoms with Crippen LogP contribution in [0, 0.1) is 24.0 Å². The van der Waals surface area contributed by atoms with Gasteiger partial charge in [-0.05, 0) is 19.4 Å². The molecule has 9 nitrogen and oxygen atoms in total. The first-order chi connectivity index (χ1) is 12.2. The summed E-state index contributed by atoms with van der Waals surface area (Å²) in [6.45, 7) is 6.45. The molecule has 0 aliphatic heterocycles. The molecular weight excluding hydrogens is 342 g/mol. The van der Waals surface area contributed by atoms with Crippen LogP contribution in [0.5, 0.6) is 0 Å². The molecule has 0 fully saturated rings. The summed E-state index contributed by atoms with van der Waals surface area (Å²) in [5.74, 6) is -0.997. The maximum atomic E-state index is 12.2. The molecule has 0 aliphatic carbocycles. The van der Waals surface area contributed by atoms with Crippen LogP contribution in [0.4, 0.5) is 11.4 Å². The van der Waals surface area contributed by atoms with Crippen LogP contribution in [0.1, 0.15) is 47.1 Å². The molecule has 0 spiro atoms. The van der Waals surface area contributed by atoms with Gasteiger partial charge in [-0.15, -0.1) is 0 Å². The molecule has 1 N–H and O–H groups in total. The van der Waals surface area contributed by atoms with Crippen LogP contribution in [-0.2, 0) is 9.53 Å². The number of amides is 1. The summed E-state index contributed by atoms with van der Waals surface area (Å²) in [5, 5.41) is 17.1. The number of nitro groups is 1. The van der Waals surface area contributed by atoms with Crippen molar-refractivity contribution in [2.24, 2.45) is 0 Å². The third kappa shape index (κ3) is 4.24. The molecule has 1 heterocycles. The Morgan fingerprint density at radius 3 is 2.65 bits per heavy atom. The standard InChI is InChI=1S/C17H19N3O6/c1-9(2)16-15(11(4)19-26-16)17(22)25-8-14(21)18-13-7-12(20(23)24)6-5-10(13)3/h5-7,9H,8H2,1-4H3,(H,18,21). The first-order valence-corrected chi connectivity index (χ1v) is 7.89.